The third-order valence-corrected chi connectivity index (χ3v) is 1.67. The summed E-state index contributed by atoms with van der Waals surface area (Å²) in [4.78, 5) is 6.90. The molecule has 0 aliphatic carbocycles. The van der Waals surface area contributed by atoms with Gasteiger partial charge in [-0.05, 0) is 13.0 Å². The highest BCUT2D eigenvalue weighted by atomic mass is 16.4. The fourth-order valence-corrected chi connectivity index (χ4v) is 1.15. The van der Waals surface area contributed by atoms with E-state index in [2.05, 4.69) is 9.97 Å². The predicted octanol–water partition coefficient (Wildman–Crippen LogP) is 1.56. The molecule has 0 unspecified atom stereocenters. The fourth-order valence-electron chi connectivity index (χ4n) is 1.15. The monoisotopic (exact) mass is 163 g/mol. The third kappa shape index (κ3) is 0.972. The van der Waals surface area contributed by atoms with Crippen LogP contribution in [0, 0.1) is 6.92 Å². The maximum atomic E-state index is 5.40. The Balaban J connectivity index is 2.54. The van der Waals surface area contributed by atoms with Crippen LogP contribution in [0.15, 0.2) is 22.9 Å². The van der Waals surface area contributed by atoms with E-state index >= 15 is 0 Å². The van der Waals surface area contributed by atoms with Gasteiger partial charge in [-0.25, -0.2) is 0 Å². The van der Waals surface area contributed by atoms with Crippen molar-refractivity contribution in [1.82, 2.24) is 9.97 Å². The van der Waals surface area contributed by atoms with Crippen molar-refractivity contribution in [3.8, 4) is 11.3 Å². The zero-order chi connectivity index (χ0) is 8.55. The predicted molar refractivity (Wildman–Crippen MR) is 45.4 cm³/mol. The maximum Gasteiger partial charge on any atom is 0.292 e. The summed E-state index contributed by atoms with van der Waals surface area (Å²) in [5, 5.41) is 0. The van der Waals surface area contributed by atoms with Gasteiger partial charge in [-0.1, -0.05) is 0 Å². The second kappa shape index (κ2) is 2.41. The van der Waals surface area contributed by atoms with E-state index in [9.17, 15) is 0 Å². The third-order valence-electron chi connectivity index (χ3n) is 1.67. The summed E-state index contributed by atoms with van der Waals surface area (Å²) in [7, 11) is 0. The first-order valence-electron chi connectivity index (χ1n) is 3.63. The minimum absolute atomic E-state index is 0.212. The Kier molecular flexibility index (Phi) is 1.40. The van der Waals surface area contributed by atoms with E-state index in [1.54, 1.807) is 0 Å². The number of H-pyrrole nitrogens is 1. The van der Waals surface area contributed by atoms with Crippen LogP contribution in [-0.4, -0.2) is 9.97 Å². The topological polar surface area (TPSA) is 67.8 Å². The highest BCUT2D eigenvalue weighted by Crippen LogP contribution is 2.24. The Labute approximate surface area is 69.4 Å². The van der Waals surface area contributed by atoms with Gasteiger partial charge in [0.15, 0.2) is 5.76 Å². The molecule has 62 valence electrons. The van der Waals surface area contributed by atoms with Crippen LogP contribution in [0.25, 0.3) is 11.3 Å². The first kappa shape index (κ1) is 6.97. The maximum absolute atomic E-state index is 5.40. The molecule has 0 saturated carbocycles. The minimum Gasteiger partial charge on any atom is -0.423 e. The summed E-state index contributed by atoms with van der Waals surface area (Å²) in [5.74, 6) is 0.730. The molecule has 3 N–H and O–H groups in total. The quantitative estimate of drug-likeness (QED) is 0.670. The summed E-state index contributed by atoms with van der Waals surface area (Å²) < 4.78 is 5.21. The van der Waals surface area contributed by atoms with Crippen molar-refractivity contribution in [2.45, 2.75) is 6.92 Å². The zero-order valence-electron chi connectivity index (χ0n) is 6.66. The van der Waals surface area contributed by atoms with Crippen molar-refractivity contribution in [1.29, 1.82) is 0 Å². The molecule has 0 fully saturated rings. The molecule has 4 heteroatoms. The van der Waals surface area contributed by atoms with Crippen molar-refractivity contribution in [3.05, 3.63) is 24.2 Å². The number of hydrogen-bond donors (Lipinski definition) is 2. The SMILES string of the molecule is Cc1nc(N)oc1-c1cc[nH]c1. The number of nitrogens with two attached hydrogens (primary N) is 1. The molecule has 2 rings (SSSR count). The first-order chi connectivity index (χ1) is 5.77. The molecule has 0 aromatic carbocycles. The number of hydrogen-bond acceptors (Lipinski definition) is 3. The van der Waals surface area contributed by atoms with Crippen molar-refractivity contribution < 1.29 is 4.42 Å². The van der Waals surface area contributed by atoms with Gasteiger partial charge in [-0.15, -0.1) is 0 Å². The average Bonchev–Trinajstić information content (AvgIpc) is 2.58. The number of nitrogens with one attached hydrogen (secondary N) is 1. The van der Waals surface area contributed by atoms with Crippen LogP contribution in [0.3, 0.4) is 0 Å². The Morgan fingerprint density at radius 2 is 2.42 bits per heavy atom. The van der Waals surface area contributed by atoms with Crippen LogP contribution < -0.4 is 5.73 Å². The Hall–Kier alpha value is -1.71. The van der Waals surface area contributed by atoms with Gasteiger partial charge in [-0.2, -0.15) is 4.98 Å². The number of aromatic nitrogens is 2. The summed E-state index contributed by atoms with van der Waals surface area (Å²) in [6.45, 7) is 1.86. The van der Waals surface area contributed by atoms with E-state index in [0.717, 1.165) is 17.0 Å². The van der Waals surface area contributed by atoms with Gasteiger partial charge >= 0.3 is 0 Å². The number of aryl methyl sites for hydroxylation is 1. The standard InChI is InChI=1S/C8H9N3O/c1-5-7(12-8(9)11-5)6-2-3-10-4-6/h2-4,10H,1H3,(H2,9,11). The highest BCUT2D eigenvalue weighted by Gasteiger charge is 2.08. The Bertz CT molecular complexity index is 375. The lowest BCUT2D eigenvalue weighted by Gasteiger charge is -1.89. The van der Waals surface area contributed by atoms with Gasteiger partial charge in [0.05, 0.1) is 5.69 Å². The lowest BCUT2D eigenvalue weighted by atomic mass is 10.2. The smallest absolute Gasteiger partial charge is 0.292 e. The molecule has 0 aliphatic rings. The molecule has 12 heavy (non-hydrogen) atoms. The van der Waals surface area contributed by atoms with Crippen molar-refractivity contribution in [3.63, 3.8) is 0 Å². The number of rotatable bonds is 1. The number of nitrogen functional groups attached to an aromatic ring is 1. The van der Waals surface area contributed by atoms with Gasteiger partial charge in [0.1, 0.15) is 0 Å². The molecule has 0 radical (unpaired) electrons. The van der Waals surface area contributed by atoms with E-state index in [4.69, 9.17) is 10.2 Å². The molecular weight excluding hydrogens is 154 g/mol. The zero-order valence-corrected chi connectivity index (χ0v) is 6.66. The van der Waals surface area contributed by atoms with Crippen LogP contribution in [0.4, 0.5) is 6.01 Å². The van der Waals surface area contributed by atoms with Crippen LogP contribution in [-0.2, 0) is 0 Å². The lowest BCUT2D eigenvalue weighted by molar-refractivity contribution is 0.594. The van der Waals surface area contributed by atoms with Gasteiger partial charge in [-0.3, -0.25) is 0 Å². The normalized spacial score (nSPS) is 10.4. The second-order valence-electron chi connectivity index (χ2n) is 2.57. The van der Waals surface area contributed by atoms with Gasteiger partial charge in [0.2, 0.25) is 0 Å². The van der Waals surface area contributed by atoms with E-state index in [1.165, 1.54) is 0 Å². The van der Waals surface area contributed by atoms with Gasteiger partial charge in [0.25, 0.3) is 6.01 Å². The summed E-state index contributed by atoms with van der Waals surface area (Å²) in [5.41, 5.74) is 7.18. The molecule has 0 aliphatic heterocycles. The van der Waals surface area contributed by atoms with E-state index in [-0.39, 0.29) is 6.01 Å². The molecule has 4 nitrogen and oxygen atoms in total. The van der Waals surface area contributed by atoms with E-state index in [0.29, 0.717) is 0 Å². The number of aromatic amines is 1. The first-order valence-corrected chi connectivity index (χ1v) is 3.63. The number of oxazole rings is 1. The molecule has 2 heterocycles. The lowest BCUT2D eigenvalue weighted by Crippen LogP contribution is -1.81. The largest absolute Gasteiger partial charge is 0.423 e. The van der Waals surface area contributed by atoms with Crippen LogP contribution in [0.5, 0.6) is 0 Å². The number of anilines is 1. The fraction of sp³-hybridized carbons (Fsp3) is 0.125. The van der Waals surface area contributed by atoms with Crippen LogP contribution >= 0.6 is 0 Å². The van der Waals surface area contributed by atoms with E-state index < -0.39 is 0 Å². The molecular formula is C8H9N3O. The molecule has 0 amide bonds. The van der Waals surface area contributed by atoms with Crippen molar-refractivity contribution in [2.75, 3.05) is 5.73 Å². The van der Waals surface area contributed by atoms with Crippen molar-refractivity contribution >= 4 is 6.01 Å². The second-order valence-corrected chi connectivity index (χ2v) is 2.57. The Morgan fingerprint density at radius 1 is 1.58 bits per heavy atom. The Morgan fingerprint density at radius 3 is 2.92 bits per heavy atom. The average molecular weight is 163 g/mol. The highest BCUT2D eigenvalue weighted by molar-refractivity contribution is 5.59. The molecule has 2 aromatic heterocycles. The van der Waals surface area contributed by atoms with Gasteiger partial charge < -0.3 is 15.1 Å². The minimum atomic E-state index is 0.212. The molecule has 0 bridgehead atoms. The van der Waals surface area contributed by atoms with Gasteiger partial charge in [0, 0.05) is 18.0 Å². The summed E-state index contributed by atoms with van der Waals surface area (Å²) in [6.07, 6.45) is 3.67. The van der Waals surface area contributed by atoms with Crippen LogP contribution in [0.2, 0.25) is 0 Å². The molecule has 0 spiro atoms. The molecule has 0 atom stereocenters. The van der Waals surface area contributed by atoms with Crippen molar-refractivity contribution in [2.24, 2.45) is 0 Å². The summed E-state index contributed by atoms with van der Waals surface area (Å²) in [6, 6.07) is 2.12. The number of nitrogens with zero attached hydrogens (tertiary/aromatic N) is 1. The van der Waals surface area contributed by atoms with E-state index in [1.807, 2.05) is 25.4 Å². The molecule has 0 saturated heterocycles. The molecule has 2 aromatic rings. The summed E-state index contributed by atoms with van der Waals surface area (Å²) >= 11 is 0. The van der Waals surface area contributed by atoms with Crippen LogP contribution in [0.1, 0.15) is 5.69 Å².